The van der Waals surface area contributed by atoms with Crippen molar-refractivity contribution in [1.82, 2.24) is 9.55 Å². The average Bonchev–Trinajstić information content (AvgIpc) is 3.48. The minimum Gasteiger partial charge on any atom is -0.497 e. The molecule has 0 atom stereocenters. The molecule has 37 heavy (non-hydrogen) atoms. The third kappa shape index (κ3) is 4.34. The molecule has 0 aliphatic heterocycles. The molecule has 0 N–H and O–H groups in total. The molecular formula is C30H28N2O3S2. The topological polar surface area (TPSA) is 61.2 Å². The SMILES string of the molecule is COc1ccc(-n2c(SCC(=O)c3cccs3)nc3c(c2=O)C2(CCCCC2)Cc2ccccc2-3)cc1. The predicted molar refractivity (Wildman–Crippen MR) is 150 cm³/mol. The smallest absolute Gasteiger partial charge is 0.263 e. The summed E-state index contributed by atoms with van der Waals surface area (Å²) >= 11 is 2.77. The fourth-order valence-electron chi connectivity index (χ4n) is 5.88. The van der Waals surface area contributed by atoms with Crippen LogP contribution in [0.2, 0.25) is 0 Å². The summed E-state index contributed by atoms with van der Waals surface area (Å²) in [6.45, 7) is 0. The van der Waals surface area contributed by atoms with Gasteiger partial charge in [-0.1, -0.05) is 61.4 Å². The number of ketones is 1. The Bertz CT molecular complexity index is 1500. The lowest BCUT2D eigenvalue weighted by Gasteiger charge is -2.42. The number of aromatic nitrogens is 2. The van der Waals surface area contributed by atoms with Crippen LogP contribution in [-0.4, -0.2) is 28.2 Å². The van der Waals surface area contributed by atoms with Crippen molar-refractivity contribution < 1.29 is 9.53 Å². The molecule has 0 amide bonds. The van der Waals surface area contributed by atoms with E-state index >= 15 is 0 Å². The van der Waals surface area contributed by atoms with Gasteiger partial charge >= 0.3 is 0 Å². The maximum Gasteiger partial charge on any atom is 0.263 e. The van der Waals surface area contributed by atoms with Gasteiger partial charge in [-0.05, 0) is 60.5 Å². The highest BCUT2D eigenvalue weighted by Gasteiger charge is 2.43. The number of methoxy groups -OCH3 is 1. The molecule has 2 aliphatic carbocycles. The summed E-state index contributed by atoms with van der Waals surface area (Å²) in [4.78, 5) is 33.3. The number of Topliss-reactive ketones (excluding diaryl/α,β-unsaturated/α-hetero) is 1. The molecular weight excluding hydrogens is 500 g/mol. The van der Waals surface area contributed by atoms with Gasteiger partial charge in [0.05, 0.1) is 34.7 Å². The number of thiophene rings is 1. The molecule has 1 fully saturated rings. The first-order chi connectivity index (χ1) is 18.1. The lowest BCUT2D eigenvalue weighted by molar-refractivity contribution is 0.102. The van der Waals surface area contributed by atoms with E-state index in [9.17, 15) is 9.59 Å². The molecule has 6 rings (SSSR count). The molecule has 1 saturated carbocycles. The molecule has 5 nitrogen and oxygen atoms in total. The first-order valence-corrected chi connectivity index (χ1v) is 14.6. The molecule has 0 radical (unpaired) electrons. The Kier molecular flexibility index (Phi) is 6.51. The summed E-state index contributed by atoms with van der Waals surface area (Å²) in [6.07, 6.45) is 6.32. The van der Waals surface area contributed by atoms with Crippen molar-refractivity contribution in [3.8, 4) is 22.7 Å². The van der Waals surface area contributed by atoms with Gasteiger partial charge in [0, 0.05) is 11.0 Å². The van der Waals surface area contributed by atoms with Crippen LogP contribution in [-0.2, 0) is 11.8 Å². The van der Waals surface area contributed by atoms with Gasteiger partial charge in [0.2, 0.25) is 0 Å². The summed E-state index contributed by atoms with van der Waals surface area (Å²) in [5.74, 6) is 0.981. The molecule has 2 aliphatic rings. The number of carbonyl (C=O) groups is 1. The highest BCUT2D eigenvalue weighted by Crippen LogP contribution is 2.49. The van der Waals surface area contributed by atoms with Gasteiger partial charge in [-0.15, -0.1) is 11.3 Å². The number of ether oxygens (including phenoxy) is 1. The van der Waals surface area contributed by atoms with Crippen molar-refractivity contribution in [2.24, 2.45) is 0 Å². The van der Waals surface area contributed by atoms with E-state index < -0.39 is 0 Å². The van der Waals surface area contributed by atoms with Crippen molar-refractivity contribution in [2.45, 2.75) is 49.1 Å². The van der Waals surface area contributed by atoms with E-state index in [0.717, 1.165) is 65.2 Å². The second-order valence-corrected chi connectivity index (χ2v) is 11.7. The van der Waals surface area contributed by atoms with Crippen LogP contribution in [0.15, 0.2) is 76.0 Å². The predicted octanol–water partition coefficient (Wildman–Crippen LogP) is 6.70. The Hall–Kier alpha value is -3.16. The van der Waals surface area contributed by atoms with Crippen LogP contribution in [0.1, 0.15) is 52.9 Å². The van der Waals surface area contributed by atoms with Gasteiger partial charge in [-0.25, -0.2) is 4.98 Å². The number of fused-ring (bicyclic) bond motifs is 4. The Labute approximate surface area is 224 Å². The first-order valence-electron chi connectivity index (χ1n) is 12.7. The van der Waals surface area contributed by atoms with Crippen LogP contribution in [0, 0.1) is 0 Å². The lowest BCUT2D eigenvalue weighted by Crippen LogP contribution is -2.42. The Morgan fingerprint density at radius 3 is 2.57 bits per heavy atom. The third-order valence-corrected chi connectivity index (χ3v) is 9.50. The minimum absolute atomic E-state index is 0.0161. The quantitative estimate of drug-likeness (QED) is 0.158. The number of thioether (sulfide) groups is 1. The van der Waals surface area contributed by atoms with Crippen LogP contribution >= 0.6 is 23.1 Å². The molecule has 2 heterocycles. The van der Waals surface area contributed by atoms with Crippen molar-refractivity contribution in [3.63, 3.8) is 0 Å². The molecule has 2 aromatic heterocycles. The second kappa shape index (κ2) is 9.95. The number of carbonyl (C=O) groups excluding carboxylic acids is 1. The maximum absolute atomic E-state index is 14.5. The van der Waals surface area contributed by atoms with E-state index in [-0.39, 0.29) is 22.5 Å². The van der Waals surface area contributed by atoms with Crippen LogP contribution in [0.5, 0.6) is 5.75 Å². The van der Waals surface area contributed by atoms with Crippen LogP contribution in [0.4, 0.5) is 0 Å². The number of hydrogen-bond acceptors (Lipinski definition) is 6. The number of hydrogen-bond donors (Lipinski definition) is 0. The summed E-state index contributed by atoms with van der Waals surface area (Å²) in [5.41, 5.74) is 4.46. The second-order valence-electron chi connectivity index (χ2n) is 9.82. The van der Waals surface area contributed by atoms with E-state index in [1.54, 1.807) is 11.7 Å². The molecule has 0 unspecified atom stereocenters. The van der Waals surface area contributed by atoms with Crippen molar-refractivity contribution in [1.29, 1.82) is 0 Å². The normalized spacial score (nSPS) is 15.7. The molecule has 2 aromatic carbocycles. The Morgan fingerprint density at radius 1 is 1.05 bits per heavy atom. The van der Waals surface area contributed by atoms with E-state index in [0.29, 0.717) is 5.16 Å². The fourth-order valence-corrected chi connectivity index (χ4v) is 7.53. The van der Waals surface area contributed by atoms with E-state index in [4.69, 9.17) is 9.72 Å². The van der Waals surface area contributed by atoms with Gasteiger partial charge in [-0.2, -0.15) is 0 Å². The zero-order valence-corrected chi connectivity index (χ0v) is 22.4. The first kappa shape index (κ1) is 24.2. The molecule has 7 heteroatoms. The van der Waals surface area contributed by atoms with Crippen molar-refractivity contribution in [3.05, 3.63) is 92.4 Å². The minimum atomic E-state index is -0.198. The summed E-state index contributed by atoms with van der Waals surface area (Å²) in [5, 5.41) is 2.45. The van der Waals surface area contributed by atoms with Gasteiger partial charge in [0.15, 0.2) is 10.9 Å². The summed E-state index contributed by atoms with van der Waals surface area (Å²) in [7, 11) is 1.63. The average molecular weight is 529 g/mol. The van der Waals surface area contributed by atoms with Crippen molar-refractivity contribution in [2.75, 3.05) is 12.9 Å². The van der Waals surface area contributed by atoms with Gasteiger partial charge in [0.1, 0.15) is 5.75 Å². The Balaban J connectivity index is 1.55. The number of nitrogens with zero attached hydrogens (tertiary/aromatic N) is 2. The standard InChI is InChI=1S/C30H28N2O3S2/c1-35-22-13-11-21(12-14-22)32-28(34)26-27(31-29(32)37-19-24(33)25-10-7-17-36-25)23-9-4-3-8-20(23)18-30(26)15-5-2-6-16-30/h3-4,7-14,17H,2,5-6,15-16,18-19H2,1H3. The largest absolute Gasteiger partial charge is 0.497 e. The van der Waals surface area contributed by atoms with E-state index in [1.807, 2.05) is 47.8 Å². The highest BCUT2D eigenvalue weighted by atomic mass is 32.2. The van der Waals surface area contributed by atoms with Gasteiger partial charge < -0.3 is 4.74 Å². The number of benzene rings is 2. The maximum atomic E-state index is 14.5. The fraction of sp³-hybridized carbons (Fsp3) is 0.300. The van der Waals surface area contributed by atoms with Crippen LogP contribution in [0.25, 0.3) is 16.9 Å². The third-order valence-electron chi connectivity index (χ3n) is 7.65. The number of rotatable bonds is 6. The Morgan fingerprint density at radius 2 is 1.84 bits per heavy atom. The van der Waals surface area contributed by atoms with Crippen LogP contribution < -0.4 is 10.3 Å². The molecule has 0 saturated heterocycles. The van der Waals surface area contributed by atoms with Gasteiger partial charge in [0.25, 0.3) is 5.56 Å². The van der Waals surface area contributed by atoms with E-state index in [2.05, 4.69) is 18.2 Å². The monoisotopic (exact) mass is 528 g/mol. The summed E-state index contributed by atoms with van der Waals surface area (Å²) < 4.78 is 7.07. The van der Waals surface area contributed by atoms with Crippen LogP contribution in [0.3, 0.4) is 0 Å². The molecule has 1 spiro atoms. The zero-order chi connectivity index (χ0) is 25.4. The van der Waals surface area contributed by atoms with Gasteiger partial charge in [-0.3, -0.25) is 14.2 Å². The summed E-state index contributed by atoms with van der Waals surface area (Å²) in [6, 6.07) is 19.6. The molecule has 0 bridgehead atoms. The van der Waals surface area contributed by atoms with Crippen molar-refractivity contribution >= 4 is 28.9 Å². The molecule has 188 valence electrons. The highest BCUT2D eigenvalue weighted by molar-refractivity contribution is 7.99. The lowest BCUT2D eigenvalue weighted by atomic mass is 9.62. The van der Waals surface area contributed by atoms with E-state index in [1.165, 1.54) is 35.1 Å². The molecule has 4 aromatic rings. The zero-order valence-electron chi connectivity index (χ0n) is 20.7.